The van der Waals surface area contributed by atoms with Gasteiger partial charge in [-0.2, -0.15) is 0 Å². The highest BCUT2D eigenvalue weighted by Gasteiger charge is 2.11. The molecule has 0 bridgehead atoms. The normalized spacial score (nSPS) is 11.3. The van der Waals surface area contributed by atoms with Crippen molar-refractivity contribution in [2.24, 2.45) is 0 Å². The molecule has 2 heterocycles. The van der Waals surface area contributed by atoms with Gasteiger partial charge >= 0.3 is 0 Å². The molecule has 22 heavy (non-hydrogen) atoms. The van der Waals surface area contributed by atoms with Crippen molar-refractivity contribution in [3.05, 3.63) is 53.8 Å². The van der Waals surface area contributed by atoms with Gasteiger partial charge in [0.25, 0.3) is 0 Å². The van der Waals surface area contributed by atoms with Crippen LogP contribution in [0.3, 0.4) is 0 Å². The zero-order valence-corrected chi connectivity index (χ0v) is 13.4. The summed E-state index contributed by atoms with van der Waals surface area (Å²) in [7, 11) is 0. The fourth-order valence-electron chi connectivity index (χ4n) is 2.52. The molecule has 0 aliphatic rings. The second-order valence-electron chi connectivity index (χ2n) is 5.51. The van der Waals surface area contributed by atoms with E-state index in [9.17, 15) is 0 Å². The van der Waals surface area contributed by atoms with Gasteiger partial charge in [-0.25, -0.2) is 9.97 Å². The van der Waals surface area contributed by atoms with E-state index in [1.165, 1.54) is 5.56 Å². The number of hydrogen-bond acceptors (Lipinski definition) is 3. The Labute approximate surface area is 134 Å². The second-order valence-corrected chi connectivity index (χ2v) is 5.90. The van der Waals surface area contributed by atoms with Crippen LogP contribution in [-0.2, 0) is 6.54 Å². The van der Waals surface area contributed by atoms with Gasteiger partial charge in [0.2, 0.25) is 0 Å². The molecule has 3 rings (SSSR count). The number of ether oxygens (including phenoxy) is 1. The van der Waals surface area contributed by atoms with Crippen LogP contribution in [-0.4, -0.2) is 21.1 Å². The first-order valence-corrected chi connectivity index (χ1v) is 7.69. The molecule has 0 spiro atoms. The van der Waals surface area contributed by atoms with E-state index in [0.29, 0.717) is 17.7 Å². The van der Waals surface area contributed by atoms with Crippen LogP contribution < -0.4 is 4.74 Å². The molecule has 0 fully saturated rings. The number of halogens is 1. The first-order valence-electron chi connectivity index (χ1n) is 7.32. The molecule has 0 aliphatic heterocycles. The Hall–Kier alpha value is -2.07. The molecule has 0 amide bonds. The Bertz CT molecular complexity index is 769. The van der Waals surface area contributed by atoms with Gasteiger partial charge in [0, 0.05) is 24.0 Å². The van der Waals surface area contributed by atoms with Crippen molar-refractivity contribution < 1.29 is 4.74 Å². The van der Waals surface area contributed by atoms with Crippen LogP contribution >= 0.6 is 11.6 Å². The minimum atomic E-state index is 0.418. The van der Waals surface area contributed by atoms with Crippen molar-refractivity contribution in [3.63, 3.8) is 0 Å². The van der Waals surface area contributed by atoms with E-state index in [4.69, 9.17) is 16.3 Å². The third-order valence-electron chi connectivity index (χ3n) is 3.65. The van der Waals surface area contributed by atoms with E-state index >= 15 is 0 Å². The average Bonchev–Trinajstić information content (AvgIpc) is 3.00. The first-order chi connectivity index (χ1) is 10.6. The lowest BCUT2D eigenvalue weighted by molar-refractivity contribution is 0.301. The van der Waals surface area contributed by atoms with Gasteiger partial charge in [-0.1, -0.05) is 31.5 Å². The Balaban J connectivity index is 1.88. The summed E-state index contributed by atoms with van der Waals surface area (Å²) in [5.74, 6) is 1.25. The van der Waals surface area contributed by atoms with Gasteiger partial charge in [0.05, 0.1) is 12.9 Å². The number of fused-ring (bicyclic) bond motifs is 1. The molecule has 3 aromatic rings. The van der Waals surface area contributed by atoms with Crippen LogP contribution in [0.4, 0.5) is 0 Å². The number of imidazole rings is 1. The number of pyridine rings is 1. The van der Waals surface area contributed by atoms with Gasteiger partial charge in [0.1, 0.15) is 17.5 Å². The van der Waals surface area contributed by atoms with Crippen LogP contribution in [0.2, 0.25) is 5.15 Å². The Morgan fingerprint density at radius 3 is 2.86 bits per heavy atom. The zero-order valence-electron chi connectivity index (χ0n) is 12.7. The second kappa shape index (κ2) is 6.36. The topological polar surface area (TPSA) is 39.9 Å². The number of nitrogens with zero attached hydrogens (tertiary/aromatic N) is 3. The van der Waals surface area contributed by atoms with Crippen molar-refractivity contribution >= 4 is 22.4 Å². The van der Waals surface area contributed by atoms with E-state index in [0.717, 1.165) is 23.1 Å². The summed E-state index contributed by atoms with van der Waals surface area (Å²) < 4.78 is 7.92. The van der Waals surface area contributed by atoms with Gasteiger partial charge in [-0.05, 0) is 29.0 Å². The minimum Gasteiger partial charge on any atom is -0.491 e. The van der Waals surface area contributed by atoms with Crippen molar-refractivity contribution in [1.29, 1.82) is 0 Å². The molecular formula is C17H18ClN3O. The number of aromatic nitrogens is 3. The predicted molar refractivity (Wildman–Crippen MR) is 88.6 cm³/mol. The summed E-state index contributed by atoms with van der Waals surface area (Å²) in [5.41, 5.74) is 1.25. The van der Waals surface area contributed by atoms with E-state index in [2.05, 4.69) is 29.9 Å². The molecule has 4 nitrogen and oxygen atoms in total. The van der Waals surface area contributed by atoms with E-state index in [-0.39, 0.29) is 0 Å². The van der Waals surface area contributed by atoms with E-state index in [1.54, 1.807) is 18.7 Å². The Kier molecular flexibility index (Phi) is 4.29. The van der Waals surface area contributed by atoms with Crippen LogP contribution in [0, 0.1) is 0 Å². The van der Waals surface area contributed by atoms with Crippen molar-refractivity contribution in [3.8, 4) is 5.75 Å². The van der Waals surface area contributed by atoms with Gasteiger partial charge < -0.3 is 9.30 Å². The number of benzene rings is 1. The smallest absolute Gasteiger partial charge is 0.129 e. The molecule has 114 valence electrons. The highest BCUT2D eigenvalue weighted by atomic mass is 35.5. The summed E-state index contributed by atoms with van der Waals surface area (Å²) in [4.78, 5) is 8.22. The predicted octanol–water partition coefficient (Wildman–Crippen LogP) is 4.29. The molecule has 0 aliphatic carbocycles. The monoisotopic (exact) mass is 315 g/mol. The largest absolute Gasteiger partial charge is 0.491 e. The molecule has 0 atom stereocenters. The van der Waals surface area contributed by atoms with Crippen molar-refractivity contribution in [2.45, 2.75) is 26.3 Å². The minimum absolute atomic E-state index is 0.418. The van der Waals surface area contributed by atoms with E-state index < -0.39 is 0 Å². The summed E-state index contributed by atoms with van der Waals surface area (Å²) in [6.07, 6.45) is 7.25. The molecule has 5 heteroatoms. The zero-order chi connectivity index (χ0) is 15.5. The molecular weight excluding hydrogens is 298 g/mol. The van der Waals surface area contributed by atoms with Crippen LogP contribution in [0.1, 0.15) is 25.3 Å². The Morgan fingerprint density at radius 1 is 1.27 bits per heavy atom. The molecule has 1 aromatic carbocycles. The third kappa shape index (κ3) is 3.07. The summed E-state index contributed by atoms with van der Waals surface area (Å²) >= 11 is 6.06. The average molecular weight is 316 g/mol. The van der Waals surface area contributed by atoms with Crippen LogP contribution in [0.15, 0.2) is 43.1 Å². The van der Waals surface area contributed by atoms with E-state index in [1.807, 2.05) is 22.9 Å². The molecule has 0 saturated carbocycles. The maximum atomic E-state index is 6.06. The highest BCUT2D eigenvalue weighted by molar-refractivity contribution is 6.30. The van der Waals surface area contributed by atoms with Crippen LogP contribution in [0.5, 0.6) is 5.75 Å². The highest BCUT2D eigenvalue weighted by Crippen LogP contribution is 2.33. The number of hydrogen-bond donors (Lipinski definition) is 0. The van der Waals surface area contributed by atoms with Crippen molar-refractivity contribution in [1.82, 2.24) is 14.5 Å². The van der Waals surface area contributed by atoms with Crippen molar-refractivity contribution in [2.75, 3.05) is 6.61 Å². The maximum Gasteiger partial charge on any atom is 0.129 e. The maximum absolute atomic E-state index is 6.06. The number of rotatable bonds is 5. The quantitative estimate of drug-likeness (QED) is 0.659. The fourth-order valence-corrected chi connectivity index (χ4v) is 2.68. The molecule has 0 saturated heterocycles. The fraction of sp³-hybridized carbons (Fsp3) is 0.294. The lowest BCUT2D eigenvalue weighted by atomic mass is 9.97. The molecule has 2 aromatic heterocycles. The summed E-state index contributed by atoms with van der Waals surface area (Å²) in [6.45, 7) is 5.68. The Morgan fingerprint density at radius 2 is 2.14 bits per heavy atom. The lowest BCUT2D eigenvalue weighted by Crippen LogP contribution is -2.07. The summed E-state index contributed by atoms with van der Waals surface area (Å²) in [5, 5.41) is 2.61. The standard InChI is InChI=1S/C17H18ClN3O/c1-12(2)13-3-4-16(15-10-20-17(18)9-14(13)15)22-8-7-21-6-5-19-11-21/h3-6,9-12H,7-8H2,1-2H3. The van der Waals surface area contributed by atoms with Gasteiger partial charge in [-0.15, -0.1) is 0 Å². The first kappa shape index (κ1) is 14.9. The van der Waals surface area contributed by atoms with Gasteiger partial charge in [-0.3, -0.25) is 0 Å². The SMILES string of the molecule is CC(C)c1ccc(OCCn2ccnc2)c2cnc(Cl)cc12. The van der Waals surface area contributed by atoms with Crippen LogP contribution in [0.25, 0.3) is 10.8 Å². The molecule has 0 N–H and O–H groups in total. The molecule has 0 radical (unpaired) electrons. The van der Waals surface area contributed by atoms with Gasteiger partial charge in [0.15, 0.2) is 0 Å². The summed E-state index contributed by atoms with van der Waals surface area (Å²) in [6, 6.07) is 6.03. The molecule has 0 unspecified atom stereocenters. The third-order valence-corrected chi connectivity index (χ3v) is 3.86. The lowest BCUT2D eigenvalue weighted by Gasteiger charge is -2.14.